The fraction of sp³-hybridized carbons (Fsp3) is 0.158. The zero-order valence-electron chi connectivity index (χ0n) is 14.7. The van der Waals surface area contributed by atoms with Gasteiger partial charge in [0.05, 0.1) is 10.6 Å². The number of ether oxygens (including phenoxy) is 1. The molecule has 3 rings (SSSR count). The molecule has 27 heavy (non-hydrogen) atoms. The summed E-state index contributed by atoms with van der Waals surface area (Å²) < 4.78 is 5.86. The first kappa shape index (κ1) is 18.5. The molecule has 0 aliphatic heterocycles. The van der Waals surface area contributed by atoms with Gasteiger partial charge in [-0.25, -0.2) is 4.79 Å². The summed E-state index contributed by atoms with van der Waals surface area (Å²) in [6.07, 6.45) is 1.71. The number of pyridine rings is 1. The summed E-state index contributed by atoms with van der Waals surface area (Å²) in [6.45, 7) is 2.07. The number of hydrogen-bond donors (Lipinski definition) is 1. The lowest BCUT2D eigenvalue weighted by atomic mass is 10.0. The van der Waals surface area contributed by atoms with Gasteiger partial charge in [0.1, 0.15) is 18.7 Å². The van der Waals surface area contributed by atoms with Crippen molar-refractivity contribution in [3.8, 4) is 16.6 Å². The minimum Gasteiger partial charge on any atom is -0.476 e. The summed E-state index contributed by atoms with van der Waals surface area (Å²) in [7, 11) is 1.31. The number of oxime groups is 1. The lowest BCUT2D eigenvalue weighted by molar-refractivity contribution is -0.129. The van der Waals surface area contributed by atoms with Crippen LogP contribution in [0.5, 0.6) is 5.88 Å². The molecule has 0 unspecified atom stereocenters. The van der Waals surface area contributed by atoms with Crippen molar-refractivity contribution in [2.24, 2.45) is 5.16 Å². The largest absolute Gasteiger partial charge is 0.476 e. The lowest BCUT2D eigenvalue weighted by Crippen LogP contribution is -2.17. The van der Waals surface area contributed by atoms with Gasteiger partial charge in [-0.15, -0.1) is 11.3 Å². The van der Waals surface area contributed by atoms with E-state index < -0.39 is 5.97 Å². The van der Waals surface area contributed by atoms with Crippen LogP contribution in [0.4, 0.5) is 0 Å². The lowest BCUT2D eigenvalue weighted by Gasteiger charge is -2.10. The van der Waals surface area contributed by atoms with E-state index in [0.29, 0.717) is 17.0 Å². The third kappa shape index (κ3) is 4.29. The third-order valence-electron chi connectivity index (χ3n) is 3.66. The van der Waals surface area contributed by atoms with Gasteiger partial charge in [0.2, 0.25) is 5.88 Å². The zero-order chi connectivity index (χ0) is 19.2. The number of benzene rings is 1. The number of nitrogens with zero attached hydrogens (tertiary/aromatic N) is 3. The number of aliphatic carboxylic acids is 1. The van der Waals surface area contributed by atoms with Crippen LogP contribution in [0.3, 0.4) is 0 Å². The molecule has 0 saturated heterocycles. The van der Waals surface area contributed by atoms with Crippen molar-refractivity contribution in [2.45, 2.75) is 13.5 Å². The van der Waals surface area contributed by atoms with Crippen LogP contribution < -0.4 is 4.74 Å². The highest BCUT2D eigenvalue weighted by Crippen LogP contribution is 2.31. The van der Waals surface area contributed by atoms with Gasteiger partial charge in [0, 0.05) is 11.8 Å². The van der Waals surface area contributed by atoms with Crippen LogP contribution in [0.15, 0.2) is 53.8 Å². The van der Waals surface area contributed by atoms with Gasteiger partial charge >= 0.3 is 5.97 Å². The summed E-state index contributed by atoms with van der Waals surface area (Å²) in [4.78, 5) is 25.8. The Bertz CT molecular complexity index is 970. The predicted octanol–water partition coefficient (Wildman–Crippen LogP) is 3.53. The maximum absolute atomic E-state index is 11.5. The van der Waals surface area contributed by atoms with Gasteiger partial charge in [-0.3, -0.25) is 4.98 Å². The molecule has 0 spiro atoms. The highest BCUT2D eigenvalue weighted by Gasteiger charge is 2.18. The first-order valence-electron chi connectivity index (χ1n) is 8.04. The molecule has 1 aromatic carbocycles. The van der Waals surface area contributed by atoms with E-state index in [-0.39, 0.29) is 12.3 Å². The highest BCUT2D eigenvalue weighted by molar-refractivity contribution is 7.15. The smallest absolute Gasteiger partial charge is 0.358 e. The minimum atomic E-state index is -1.17. The molecule has 0 aliphatic rings. The number of carboxylic acids is 1. The van der Waals surface area contributed by atoms with Crippen LogP contribution in [0, 0.1) is 6.92 Å². The Morgan fingerprint density at radius 1 is 1.22 bits per heavy atom. The standard InChI is InChI=1S/C19H17N3O4S/c1-12-17(21-18(27-12)15-9-5-6-10-20-15)26-11-13-7-3-4-8-14(13)16(19(23)24)22-25-2/h3-10H,11H2,1-2H3,(H,23,24)/b22-16+. The second-order valence-corrected chi connectivity index (χ2v) is 6.67. The summed E-state index contributed by atoms with van der Waals surface area (Å²) >= 11 is 1.49. The fourth-order valence-corrected chi connectivity index (χ4v) is 3.27. The molecule has 7 nitrogen and oxygen atoms in total. The highest BCUT2D eigenvalue weighted by atomic mass is 32.1. The number of carboxylic acid groups (broad SMARTS) is 1. The molecule has 0 aliphatic carbocycles. The van der Waals surface area contributed by atoms with E-state index in [1.54, 1.807) is 24.4 Å². The zero-order valence-corrected chi connectivity index (χ0v) is 15.6. The average molecular weight is 383 g/mol. The van der Waals surface area contributed by atoms with Gasteiger partial charge in [0.15, 0.2) is 5.71 Å². The Morgan fingerprint density at radius 3 is 2.70 bits per heavy atom. The number of aryl methyl sites for hydroxylation is 1. The van der Waals surface area contributed by atoms with Gasteiger partial charge in [-0.1, -0.05) is 35.5 Å². The van der Waals surface area contributed by atoms with Gasteiger partial charge in [0.25, 0.3) is 0 Å². The normalized spacial score (nSPS) is 11.3. The Hall–Kier alpha value is -3.26. The van der Waals surface area contributed by atoms with Crippen LogP contribution >= 0.6 is 11.3 Å². The molecule has 2 aromatic heterocycles. The Labute approximate surface area is 159 Å². The number of aromatic nitrogens is 2. The monoisotopic (exact) mass is 383 g/mol. The fourth-order valence-electron chi connectivity index (χ4n) is 2.43. The second kappa shape index (κ2) is 8.41. The Morgan fingerprint density at radius 2 is 2.00 bits per heavy atom. The second-order valence-electron chi connectivity index (χ2n) is 5.47. The van der Waals surface area contributed by atoms with E-state index in [9.17, 15) is 9.90 Å². The molecular formula is C19H17N3O4S. The van der Waals surface area contributed by atoms with Gasteiger partial charge in [-0.2, -0.15) is 4.98 Å². The molecule has 1 N–H and O–H groups in total. The van der Waals surface area contributed by atoms with Crippen LogP contribution in [-0.4, -0.2) is 33.9 Å². The van der Waals surface area contributed by atoms with Crippen molar-refractivity contribution >= 4 is 23.0 Å². The third-order valence-corrected chi connectivity index (χ3v) is 4.63. The first-order chi connectivity index (χ1) is 13.1. The van der Waals surface area contributed by atoms with Crippen LogP contribution in [0.2, 0.25) is 0 Å². The predicted molar refractivity (Wildman–Crippen MR) is 102 cm³/mol. The van der Waals surface area contributed by atoms with E-state index in [1.807, 2.05) is 31.2 Å². The molecule has 0 atom stereocenters. The van der Waals surface area contributed by atoms with Crippen molar-refractivity contribution in [1.82, 2.24) is 9.97 Å². The van der Waals surface area contributed by atoms with Crippen molar-refractivity contribution in [2.75, 3.05) is 7.11 Å². The van der Waals surface area contributed by atoms with Crippen molar-refractivity contribution in [3.05, 3.63) is 64.7 Å². The molecule has 138 valence electrons. The minimum absolute atomic E-state index is 0.151. The molecule has 0 fully saturated rings. The van der Waals surface area contributed by atoms with E-state index in [0.717, 1.165) is 15.6 Å². The molecule has 0 bridgehead atoms. The molecule has 8 heteroatoms. The molecule has 0 amide bonds. The van der Waals surface area contributed by atoms with Crippen LogP contribution in [0.1, 0.15) is 16.0 Å². The topological polar surface area (TPSA) is 93.9 Å². The number of thiazole rings is 1. The number of carbonyl (C=O) groups is 1. The van der Waals surface area contributed by atoms with E-state index in [1.165, 1.54) is 18.4 Å². The maximum Gasteiger partial charge on any atom is 0.358 e. The Kier molecular flexibility index (Phi) is 5.77. The molecular weight excluding hydrogens is 366 g/mol. The summed E-state index contributed by atoms with van der Waals surface area (Å²) in [5, 5.41) is 13.7. The first-order valence-corrected chi connectivity index (χ1v) is 8.86. The van der Waals surface area contributed by atoms with Crippen molar-refractivity contribution in [3.63, 3.8) is 0 Å². The molecule has 3 aromatic rings. The number of hydrogen-bond acceptors (Lipinski definition) is 7. The van der Waals surface area contributed by atoms with E-state index in [2.05, 4.69) is 20.0 Å². The number of rotatable bonds is 7. The van der Waals surface area contributed by atoms with Gasteiger partial charge in [-0.05, 0) is 24.6 Å². The summed E-state index contributed by atoms with van der Waals surface area (Å²) in [5.41, 5.74) is 1.70. The van der Waals surface area contributed by atoms with E-state index in [4.69, 9.17) is 4.74 Å². The summed E-state index contributed by atoms with van der Waals surface area (Å²) in [5.74, 6) is -0.678. The average Bonchev–Trinajstić information content (AvgIpc) is 3.06. The molecule has 2 heterocycles. The van der Waals surface area contributed by atoms with Crippen molar-refractivity contribution in [1.29, 1.82) is 0 Å². The molecule has 0 saturated carbocycles. The van der Waals surface area contributed by atoms with E-state index >= 15 is 0 Å². The molecule has 0 radical (unpaired) electrons. The SMILES string of the molecule is CO/N=C(/C(=O)O)c1ccccc1COc1nc(-c2ccccn2)sc1C. The Balaban J connectivity index is 1.83. The van der Waals surface area contributed by atoms with Crippen LogP contribution in [-0.2, 0) is 16.2 Å². The quantitative estimate of drug-likeness (QED) is 0.495. The maximum atomic E-state index is 11.5. The van der Waals surface area contributed by atoms with Gasteiger partial charge < -0.3 is 14.7 Å². The van der Waals surface area contributed by atoms with Crippen molar-refractivity contribution < 1.29 is 19.5 Å². The van der Waals surface area contributed by atoms with Crippen LogP contribution in [0.25, 0.3) is 10.7 Å². The summed E-state index contributed by atoms with van der Waals surface area (Å²) in [6, 6.07) is 12.6.